The van der Waals surface area contributed by atoms with Crippen LogP contribution in [0.5, 0.6) is 0 Å². The predicted octanol–water partition coefficient (Wildman–Crippen LogP) is 3.32. The molecule has 0 aromatic heterocycles. The van der Waals surface area contributed by atoms with E-state index in [0.29, 0.717) is 19.3 Å². The van der Waals surface area contributed by atoms with Crippen LogP contribution in [0.25, 0.3) is 0 Å². The molecule has 0 spiro atoms. The first-order valence-electron chi connectivity index (χ1n) is 7.40. The van der Waals surface area contributed by atoms with Crippen LogP contribution in [-0.2, 0) is 14.3 Å². The van der Waals surface area contributed by atoms with Gasteiger partial charge in [0, 0.05) is 12.8 Å². The number of hydrogen-bond donors (Lipinski definition) is 1. The monoisotopic (exact) mass is 301 g/mol. The molecule has 4 heteroatoms. The molecule has 4 nitrogen and oxygen atoms in total. The van der Waals surface area contributed by atoms with Crippen LogP contribution >= 0.6 is 0 Å². The Bertz CT molecular complexity index is 496. The van der Waals surface area contributed by atoms with Crippen molar-refractivity contribution in [1.29, 1.82) is 0 Å². The van der Waals surface area contributed by atoms with Gasteiger partial charge in [0.1, 0.15) is 6.10 Å². The number of carbonyl (C=O) groups is 2. The van der Waals surface area contributed by atoms with Crippen molar-refractivity contribution in [2.45, 2.75) is 31.8 Å². The van der Waals surface area contributed by atoms with Gasteiger partial charge in [0.05, 0.1) is 6.54 Å². The zero-order chi connectivity index (χ0) is 16.2. The highest BCUT2D eigenvalue weighted by atomic mass is 16.5. The lowest BCUT2D eigenvalue weighted by Gasteiger charge is -2.19. The molecule has 1 rings (SSSR count). The topological polar surface area (TPSA) is 55.4 Å². The van der Waals surface area contributed by atoms with E-state index < -0.39 is 6.10 Å². The second-order valence-corrected chi connectivity index (χ2v) is 4.85. The van der Waals surface area contributed by atoms with Crippen molar-refractivity contribution in [3.05, 3.63) is 61.2 Å². The SMILES string of the molecule is C=CCCC(=O)NCC(OC(=O)CCC=C)c1ccccc1. The molecule has 0 aliphatic carbocycles. The normalized spacial score (nSPS) is 11.3. The van der Waals surface area contributed by atoms with Crippen LogP contribution in [0.3, 0.4) is 0 Å². The molecule has 0 bridgehead atoms. The maximum atomic E-state index is 11.8. The number of benzene rings is 1. The molecule has 0 fully saturated rings. The molecule has 0 saturated heterocycles. The van der Waals surface area contributed by atoms with Gasteiger partial charge in [-0.3, -0.25) is 9.59 Å². The zero-order valence-corrected chi connectivity index (χ0v) is 12.8. The lowest BCUT2D eigenvalue weighted by molar-refractivity contribution is -0.149. The molecule has 1 N–H and O–H groups in total. The number of carbonyl (C=O) groups excluding carboxylic acids is 2. The van der Waals surface area contributed by atoms with Crippen molar-refractivity contribution in [3.63, 3.8) is 0 Å². The fourth-order valence-corrected chi connectivity index (χ4v) is 1.86. The van der Waals surface area contributed by atoms with E-state index in [1.54, 1.807) is 12.2 Å². The summed E-state index contributed by atoms with van der Waals surface area (Å²) in [6, 6.07) is 9.39. The summed E-state index contributed by atoms with van der Waals surface area (Å²) in [6.45, 7) is 7.43. The molecule has 0 aliphatic heterocycles. The van der Waals surface area contributed by atoms with E-state index in [1.165, 1.54) is 0 Å². The van der Waals surface area contributed by atoms with E-state index in [1.807, 2.05) is 30.3 Å². The van der Waals surface area contributed by atoms with Gasteiger partial charge < -0.3 is 10.1 Å². The van der Waals surface area contributed by atoms with Gasteiger partial charge in [-0.25, -0.2) is 0 Å². The molecule has 1 aromatic rings. The Morgan fingerprint density at radius 2 is 1.73 bits per heavy atom. The number of amides is 1. The largest absolute Gasteiger partial charge is 0.456 e. The quantitative estimate of drug-likeness (QED) is 0.533. The highest BCUT2D eigenvalue weighted by molar-refractivity contribution is 5.76. The Balaban J connectivity index is 2.62. The highest BCUT2D eigenvalue weighted by Gasteiger charge is 2.17. The van der Waals surface area contributed by atoms with E-state index in [9.17, 15) is 9.59 Å². The van der Waals surface area contributed by atoms with Crippen LogP contribution in [0.15, 0.2) is 55.6 Å². The minimum atomic E-state index is -0.480. The third kappa shape index (κ3) is 6.88. The predicted molar refractivity (Wildman–Crippen MR) is 87.1 cm³/mol. The number of allylic oxidation sites excluding steroid dienone is 2. The lowest BCUT2D eigenvalue weighted by atomic mass is 10.1. The average molecular weight is 301 g/mol. The number of rotatable bonds is 10. The van der Waals surface area contributed by atoms with Gasteiger partial charge in [0.25, 0.3) is 0 Å². The van der Waals surface area contributed by atoms with Gasteiger partial charge in [-0.2, -0.15) is 0 Å². The maximum Gasteiger partial charge on any atom is 0.306 e. The molecule has 1 atom stereocenters. The van der Waals surface area contributed by atoms with Gasteiger partial charge in [-0.05, 0) is 18.4 Å². The summed E-state index contributed by atoms with van der Waals surface area (Å²) in [7, 11) is 0. The Hall–Kier alpha value is -2.36. The Kier molecular flexibility index (Phi) is 8.35. The first-order valence-corrected chi connectivity index (χ1v) is 7.40. The van der Waals surface area contributed by atoms with Crippen LogP contribution in [-0.4, -0.2) is 18.4 Å². The molecule has 1 unspecified atom stereocenters. The third-order valence-electron chi connectivity index (χ3n) is 3.06. The van der Waals surface area contributed by atoms with E-state index in [0.717, 1.165) is 5.56 Å². The van der Waals surface area contributed by atoms with Crippen LogP contribution in [0.4, 0.5) is 0 Å². The summed E-state index contributed by atoms with van der Waals surface area (Å²) in [5, 5.41) is 2.79. The molecule has 22 heavy (non-hydrogen) atoms. The number of esters is 1. The molecule has 0 heterocycles. The smallest absolute Gasteiger partial charge is 0.306 e. The average Bonchev–Trinajstić information content (AvgIpc) is 2.55. The van der Waals surface area contributed by atoms with Crippen molar-refractivity contribution < 1.29 is 14.3 Å². The Labute approximate surface area is 131 Å². The van der Waals surface area contributed by atoms with E-state index >= 15 is 0 Å². The van der Waals surface area contributed by atoms with Crippen molar-refractivity contribution in [3.8, 4) is 0 Å². The summed E-state index contributed by atoms with van der Waals surface area (Å²) >= 11 is 0. The molecule has 1 amide bonds. The lowest BCUT2D eigenvalue weighted by Crippen LogP contribution is -2.30. The Morgan fingerprint density at radius 1 is 1.09 bits per heavy atom. The summed E-state index contributed by atoms with van der Waals surface area (Å²) in [5.74, 6) is -0.378. The van der Waals surface area contributed by atoms with E-state index in [4.69, 9.17) is 4.74 Å². The van der Waals surface area contributed by atoms with Gasteiger partial charge in [0.2, 0.25) is 5.91 Å². The summed E-state index contributed by atoms with van der Waals surface area (Å²) in [5.41, 5.74) is 0.860. The number of hydrogen-bond acceptors (Lipinski definition) is 3. The fraction of sp³-hybridized carbons (Fsp3) is 0.333. The molecule has 118 valence electrons. The fourth-order valence-electron chi connectivity index (χ4n) is 1.86. The number of nitrogens with one attached hydrogen (secondary N) is 1. The first kappa shape index (κ1) is 17.7. The second-order valence-electron chi connectivity index (χ2n) is 4.85. The van der Waals surface area contributed by atoms with Gasteiger partial charge in [-0.1, -0.05) is 42.5 Å². The highest BCUT2D eigenvalue weighted by Crippen LogP contribution is 2.17. The third-order valence-corrected chi connectivity index (χ3v) is 3.06. The zero-order valence-electron chi connectivity index (χ0n) is 12.8. The van der Waals surface area contributed by atoms with Crippen molar-refractivity contribution in [1.82, 2.24) is 5.32 Å². The van der Waals surface area contributed by atoms with E-state index in [2.05, 4.69) is 18.5 Å². The van der Waals surface area contributed by atoms with Crippen LogP contribution in [0.2, 0.25) is 0 Å². The van der Waals surface area contributed by atoms with Gasteiger partial charge in [-0.15, -0.1) is 13.2 Å². The molecule has 1 aromatic carbocycles. The standard InChI is InChI=1S/C18H23NO3/c1-3-5-12-17(20)19-14-16(15-10-8-7-9-11-15)22-18(21)13-6-4-2/h3-4,7-11,16H,1-2,5-6,12-14H2,(H,19,20). The Morgan fingerprint density at radius 3 is 2.36 bits per heavy atom. The first-order chi connectivity index (χ1) is 10.7. The van der Waals surface area contributed by atoms with Gasteiger partial charge in [0.15, 0.2) is 0 Å². The molecule has 0 radical (unpaired) electrons. The van der Waals surface area contributed by atoms with Crippen molar-refractivity contribution in [2.24, 2.45) is 0 Å². The van der Waals surface area contributed by atoms with Crippen molar-refractivity contribution >= 4 is 11.9 Å². The number of ether oxygens (including phenoxy) is 1. The summed E-state index contributed by atoms with van der Waals surface area (Å²) in [4.78, 5) is 23.5. The summed E-state index contributed by atoms with van der Waals surface area (Å²) < 4.78 is 5.47. The second kappa shape index (κ2) is 10.4. The molecular formula is C18H23NO3. The minimum absolute atomic E-state index is 0.0806. The van der Waals surface area contributed by atoms with Gasteiger partial charge >= 0.3 is 5.97 Å². The molecule has 0 aliphatic rings. The van der Waals surface area contributed by atoms with Crippen LogP contribution in [0, 0.1) is 0 Å². The van der Waals surface area contributed by atoms with Crippen LogP contribution in [0.1, 0.15) is 37.4 Å². The van der Waals surface area contributed by atoms with Crippen LogP contribution < -0.4 is 5.32 Å². The maximum absolute atomic E-state index is 11.8. The van der Waals surface area contributed by atoms with E-state index in [-0.39, 0.29) is 24.8 Å². The van der Waals surface area contributed by atoms with Crippen molar-refractivity contribution in [2.75, 3.05) is 6.54 Å². The summed E-state index contributed by atoms with van der Waals surface area (Å²) in [6.07, 6.45) is 4.77. The minimum Gasteiger partial charge on any atom is -0.456 e. The molecule has 0 saturated carbocycles. The molecular weight excluding hydrogens is 278 g/mol.